The van der Waals surface area contributed by atoms with E-state index in [1.807, 2.05) is 12.1 Å². The lowest BCUT2D eigenvalue weighted by Gasteiger charge is -2.56. The van der Waals surface area contributed by atoms with Gasteiger partial charge in [0, 0.05) is 19.3 Å². The van der Waals surface area contributed by atoms with Gasteiger partial charge in [0.05, 0.1) is 28.0 Å². The number of nitrogens with zero attached hydrogens (tertiary/aromatic N) is 5. The van der Waals surface area contributed by atoms with Crippen LogP contribution >= 0.6 is 11.6 Å². The number of anilines is 3. The van der Waals surface area contributed by atoms with Crippen LogP contribution in [0.1, 0.15) is 6.42 Å². The topological polar surface area (TPSA) is 78.9 Å². The maximum Gasteiger partial charge on any atom is 0.160 e. The molecule has 0 atom stereocenters. The Morgan fingerprint density at radius 3 is 2.84 bits per heavy atom. The Balaban J connectivity index is 1.47. The van der Waals surface area contributed by atoms with Gasteiger partial charge >= 0.3 is 0 Å². The minimum atomic E-state index is 0.317. The molecule has 0 amide bonds. The van der Waals surface area contributed by atoms with Gasteiger partial charge in [-0.15, -0.1) is 0 Å². The van der Waals surface area contributed by atoms with Crippen molar-refractivity contribution < 1.29 is 0 Å². The number of nitrogens with one attached hydrogen (secondary N) is 2. The minimum Gasteiger partial charge on any atom is -0.353 e. The highest BCUT2D eigenvalue weighted by atomic mass is 35.5. The number of hydrogen-bond acceptors (Lipinski definition) is 7. The predicted octanol–water partition coefficient (Wildman–Crippen LogP) is 2.37. The van der Waals surface area contributed by atoms with Gasteiger partial charge in [0.1, 0.15) is 17.7 Å². The molecule has 0 aliphatic carbocycles. The predicted molar refractivity (Wildman–Crippen MR) is 97.4 cm³/mol. The molecule has 3 aromatic rings. The molecule has 25 heavy (non-hydrogen) atoms. The molecule has 5 heterocycles. The van der Waals surface area contributed by atoms with Crippen LogP contribution in [0.15, 0.2) is 36.9 Å². The van der Waals surface area contributed by atoms with Gasteiger partial charge < -0.3 is 15.5 Å². The summed E-state index contributed by atoms with van der Waals surface area (Å²) in [4.78, 5) is 19.8. The molecule has 2 aliphatic rings. The standard InChI is InChI=1S/C17H16ClN7/c18-11-5-12(7-19-6-11)23-16-15-13(20-10-21-16)1-2-14(24-15)25-8-17(9-25)3-4-22-17/h1-2,5-7,10,22H,3-4,8-9H2,(H,20,21,23). The Kier molecular flexibility index (Phi) is 3.26. The molecule has 7 nitrogen and oxygen atoms in total. The first-order valence-electron chi connectivity index (χ1n) is 8.20. The monoisotopic (exact) mass is 353 g/mol. The third kappa shape index (κ3) is 2.56. The third-order valence-electron chi connectivity index (χ3n) is 4.85. The maximum absolute atomic E-state index is 6.00. The second kappa shape index (κ2) is 5.50. The molecule has 0 saturated carbocycles. The minimum absolute atomic E-state index is 0.317. The number of pyridine rings is 2. The van der Waals surface area contributed by atoms with Crippen LogP contribution in [0, 0.1) is 0 Å². The van der Waals surface area contributed by atoms with Crippen LogP contribution in [0.3, 0.4) is 0 Å². The van der Waals surface area contributed by atoms with Crippen molar-refractivity contribution >= 4 is 40.0 Å². The van der Waals surface area contributed by atoms with E-state index in [-0.39, 0.29) is 0 Å². The van der Waals surface area contributed by atoms with Crippen molar-refractivity contribution in [3.8, 4) is 0 Å². The summed E-state index contributed by atoms with van der Waals surface area (Å²) in [5.74, 6) is 1.60. The summed E-state index contributed by atoms with van der Waals surface area (Å²) in [6, 6.07) is 5.80. The van der Waals surface area contributed by atoms with Crippen LogP contribution in [-0.4, -0.2) is 45.1 Å². The van der Waals surface area contributed by atoms with E-state index in [1.165, 1.54) is 12.7 Å². The van der Waals surface area contributed by atoms with Gasteiger partial charge in [-0.3, -0.25) is 4.98 Å². The molecule has 2 fully saturated rings. The second-order valence-electron chi connectivity index (χ2n) is 6.59. The first-order valence-corrected chi connectivity index (χ1v) is 8.58. The normalized spacial score (nSPS) is 18.0. The lowest BCUT2D eigenvalue weighted by Crippen LogP contribution is -2.76. The van der Waals surface area contributed by atoms with Gasteiger partial charge in [0.2, 0.25) is 0 Å². The Morgan fingerprint density at radius 2 is 2.08 bits per heavy atom. The zero-order valence-corrected chi connectivity index (χ0v) is 14.2. The third-order valence-corrected chi connectivity index (χ3v) is 5.06. The molecule has 0 aromatic carbocycles. The molecular weight excluding hydrogens is 338 g/mol. The van der Waals surface area contributed by atoms with Gasteiger partial charge in [-0.1, -0.05) is 11.6 Å². The summed E-state index contributed by atoms with van der Waals surface area (Å²) in [5, 5.41) is 7.32. The second-order valence-corrected chi connectivity index (χ2v) is 7.03. The van der Waals surface area contributed by atoms with Crippen LogP contribution in [-0.2, 0) is 0 Å². The van der Waals surface area contributed by atoms with Crippen molar-refractivity contribution in [2.75, 3.05) is 29.9 Å². The fraction of sp³-hybridized carbons (Fsp3) is 0.294. The lowest BCUT2D eigenvalue weighted by molar-refractivity contribution is 0.159. The highest BCUT2D eigenvalue weighted by molar-refractivity contribution is 6.30. The van der Waals surface area contributed by atoms with Gasteiger partial charge in [0.25, 0.3) is 0 Å². The first-order chi connectivity index (χ1) is 12.2. The van der Waals surface area contributed by atoms with Crippen molar-refractivity contribution in [2.24, 2.45) is 0 Å². The molecule has 1 spiro atoms. The average Bonchev–Trinajstić information content (AvgIpc) is 2.53. The molecule has 2 aliphatic heterocycles. The molecular formula is C17H16ClN7. The molecule has 0 bridgehead atoms. The van der Waals surface area contributed by atoms with Crippen molar-refractivity contribution in [3.05, 3.63) is 41.9 Å². The molecule has 5 rings (SSSR count). The Morgan fingerprint density at radius 1 is 1.20 bits per heavy atom. The fourth-order valence-electron chi connectivity index (χ4n) is 3.41. The SMILES string of the molecule is Clc1cncc(Nc2ncnc3ccc(N4CC5(CCN5)C4)nc23)c1. The van der Waals surface area contributed by atoms with Crippen LogP contribution in [0.2, 0.25) is 5.02 Å². The van der Waals surface area contributed by atoms with Gasteiger partial charge in [-0.25, -0.2) is 15.0 Å². The average molecular weight is 354 g/mol. The molecule has 2 N–H and O–H groups in total. The highest BCUT2D eigenvalue weighted by Crippen LogP contribution is 2.34. The summed E-state index contributed by atoms with van der Waals surface area (Å²) in [7, 11) is 0. The number of halogens is 1. The van der Waals surface area contributed by atoms with Gasteiger partial charge in [0.15, 0.2) is 5.82 Å². The number of fused-ring (bicyclic) bond motifs is 1. The van der Waals surface area contributed by atoms with Crippen molar-refractivity contribution in [3.63, 3.8) is 0 Å². The van der Waals surface area contributed by atoms with Crippen molar-refractivity contribution in [2.45, 2.75) is 12.0 Å². The molecule has 2 saturated heterocycles. The molecule has 8 heteroatoms. The number of aromatic nitrogens is 4. The number of hydrogen-bond donors (Lipinski definition) is 2. The largest absolute Gasteiger partial charge is 0.353 e. The lowest BCUT2D eigenvalue weighted by atomic mass is 9.80. The summed E-state index contributed by atoms with van der Waals surface area (Å²) in [6.07, 6.45) is 6.07. The van der Waals surface area contributed by atoms with Crippen LogP contribution in [0.4, 0.5) is 17.3 Å². The Hall–Kier alpha value is -2.51. The first kappa shape index (κ1) is 14.8. The molecule has 0 unspecified atom stereocenters. The van der Waals surface area contributed by atoms with E-state index in [0.29, 0.717) is 16.4 Å². The fourth-order valence-corrected chi connectivity index (χ4v) is 3.58. The highest BCUT2D eigenvalue weighted by Gasteiger charge is 2.47. The quantitative estimate of drug-likeness (QED) is 0.748. The van der Waals surface area contributed by atoms with E-state index < -0.39 is 0 Å². The van der Waals surface area contributed by atoms with Crippen molar-refractivity contribution in [1.29, 1.82) is 0 Å². The Bertz CT molecular complexity index is 949. The van der Waals surface area contributed by atoms with E-state index in [4.69, 9.17) is 16.6 Å². The van der Waals surface area contributed by atoms with E-state index in [9.17, 15) is 0 Å². The van der Waals surface area contributed by atoms with Gasteiger partial charge in [-0.05, 0) is 31.2 Å². The maximum atomic E-state index is 6.00. The van der Waals surface area contributed by atoms with E-state index in [1.54, 1.807) is 18.5 Å². The Labute approximate surface area is 149 Å². The molecule has 0 radical (unpaired) electrons. The van der Waals surface area contributed by atoms with E-state index >= 15 is 0 Å². The zero-order chi connectivity index (χ0) is 16.9. The van der Waals surface area contributed by atoms with Crippen LogP contribution in [0.25, 0.3) is 11.0 Å². The summed E-state index contributed by atoms with van der Waals surface area (Å²) >= 11 is 6.00. The molecule has 3 aromatic heterocycles. The smallest absolute Gasteiger partial charge is 0.160 e. The number of rotatable bonds is 3. The van der Waals surface area contributed by atoms with E-state index in [2.05, 4.69) is 30.5 Å². The van der Waals surface area contributed by atoms with Gasteiger partial charge in [-0.2, -0.15) is 0 Å². The van der Waals surface area contributed by atoms with Crippen molar-refractivity contribution in [1.82, 2.24) is 25.3 Å². The summed E-state index contributed by atoms with van der Waals surface area (Å²) in [6.45, 7) is 3.12. The summed E-state index contributed by atoms with van der Waals surface area (Å²) < 4.78 is 0. The zero-order valence-electron chi connectivity index (χ0n) is 13.4. The van der Waals surface area contributed by atoms with E-state index in [0.717, 1.165) is 42.2 Å². The van der Waals surface area contributed by atoms with Crippen LogP contribution < -0.4 is 15.5 Å². The summed E-state index contributed by atoms with van der Waals surface area (Å²) in [5.41, 5.74) is 2.62. The molecule has 126 valence electrons. The van der Waals surface area contributed by atoms with Crippen LogP contribution in [0.5, 0.6) is 0 Å².